The van der Waals surface area contributed by atoms with Crippen molar-refractivity contribution in [2.24, 2.45) is 5.92 Å². The second kappa shape index (κ2) is 6.45. The summed E-state index contributed by atoms with van der Waals surface area (Å²) in [7, 11) is 0. The number of hydrogen-bond donors (Lipinski definition) is 1. The Labute approximate surface area is 113 Å². The lowest BCUT2D eigenvalue weighted by Gasteiger charge is -2.33. The van der Waals surface area contributed by atoms with E-state index >= 15 is 0 Å². The van der Waals surface area contributed by atoms with E-state index in [1.54, 1.807) is 0 Å². The van der Waals surface area contributed by atoms with Gasteiger partial charge in [-0.05, 0) is 12.8 Å². The molecule has 1 fully saturated rings. The van der Waals surface area contributed by atoms with Crippen LogP contribution in [-0.2, 0) is 4.74 Å². The zero-order valence-corrected chi connectivity index (χ0v) is 12.2. The monoisotopic (exact) mass is 270 g/mol. The number of anilines is 1. The molecule has 1 saturated heterocycles. The molecule has 1 aliphatic heterocycles. The Morgan fingerprint density at radius 2 is 2.39 bits per heavy atom. The molecule has 1 atom stereocenters. The van der Waals surface area contributed by atoms with Crippen LogP contribution < -0.4 is 5.32 Å². The fourth-order valence-corrected chi connectivity index (χ4v) is 2.74. The third-order valence-electron chi connectivity index (χ3n) is 2.85. The van der Waals surface area contributed by atoms with Gasteiger partial charge in [0.2, 0.25) is 5.13 Å². The summed E-state index contributed by atoms with van der Waals surface area (Å²) in [4.78, 5) is 6.77. The van der Waals surface area contributed by atoms with Crippen LogP contribution in [0.4, 0.5) is 5.13 Å². The van der Waals surface area contributed by atoms with Gasteiger partial charge in [0.05, 0.1) is 12.7 Å². The standard InChI is InChI=1S/C12H22N4OS/c1-9(2)7-16-4-5-17-11(8-16)6-13-12-14-10(3)15-18-12/h9,11H,4-8H2,1-3H3,(H,13,14,15)/t11-/m1/s1. The lowest BCUT2D eigenvalue weighted by molar-refractivity contribution is -0.0244. The summed E-state index contributed by atoms with van der Waals surface area (Å²) in [5.74, 6) is 1.54. The van der Waals surface area contributed by atoms with Gasteiger partial charge >= 0.3 is 0 Å². The second-order valence-electron chi connectivity index (χ2n) is 5.17. The Morgan fingerprint density at radius 1 is 1.56 bits per heavy atom. The predicted molar refractivity (Wildman–Crippen MR) is 74.2 cm³/mol. The summed E-state index contributed by atoms with van der Waals surface area (Å²) in [6.07, 6.45) is 0.252. The molecule has 1 aliphatic rings. The third-order valence-corrected chi connectivity index (χ3v) is 3.62. The number of aryl methyl sites for hydroxylation is 1. The Hall–Kier alpha value is -0.720. The first-order valence-corrected chi connectivity index (χ1v) is 7.29. The molecule has 0 radical (unpaired) electrons. The molecule has 0 bridgehead atoms. The van der Waals surface area contributed by atoms with E-state index in [1.165, 1.54) is 11.5 Å². The van der Waals surface area contributed by atoms with E-state index in [0.717, 1.165) is 43.7 Å². The molecule has 6 heteroatoms. The van der Waals surface area contributed by atoms with E-state index in [-0.39, 0.29) is 6.10 Å². The van der Waals surface area contributed by atoms with Crippen LogP contribution in [0.2, 0.25) is 0 Å². The number of rotatable bonds is 5. The minimum Gasteiger partial charge on any atom is -0.374 e. The topological polar surface area (TPSA) is 50.3 Å². The second-order valence-corrected chi connectivity index (χ2v) is 5.93. The van der Waals surface area contributed by atoms with E-state index < -0.39 is 0 Å². The number of nitrogens with one attached hydrogen (secondary N) is 1. The highest BCUT2D eigenvalue weighted by molar-refractivity contribution is 7.09. The van der Waals surface area contributed by atoms with Gasteiger partial charge in [-0.3, -0.25) is 4.90 Å². The molecular weight excluding hydrogens is 248 g/mol. The first kappa shape index (κ1) is 13.7. The largest absolute Gasteiger partial charge is 0.374 e. The van der Waals surface area contributed by atoms with Crippen molar-refractivity contribution in [2.45, 2.75) is 26.9 Å². The van der Waals surface area contributed by atoms with Gasteiger partial charge in [-0.15, -0.1) is 0 Å². The zero-order chi connectivity index (χ0) is 13.0. The highest BCUT2D eigenvalue weighted by Crippen LogP contribution is 2.12. The highest BCUT2D eigenvalue weighted by Gasteiger charge is 2.20. The third kappa shape index (κ3) is 4.19. The van der Waals surface area contributed by atoms with Gasteiger partial charge in [0.15, 0.2) is 0 Å². The SMILES string of the molecule is Cc1nsc(NC[C@@H]2CN(CC(C)C)CCO2)n1. The van der Waals surface area contributed by atoms with E-state index in [4.69, 9.17) is 4.74 Å². The van der Waals surface area contributed by atoms with Crippen molar-refractivity contribution >= 4 is 16.7 Å². The molecule has 1 N–H and O–H groups in total. The molecular formula is C12H22N4OS. The quantitative estimate of drug-likeness (QED) is 0.881. The minimum absolute atomic E-state index is 0.252. The van der Waals surface area contributed by atoms with E-state index in [1.807, 2.05) is 6.92 Å². The maximum atomic E-state index is 5.77. The number of nitrogens with zero attached hydrogens (tertiary/aromatic N) is 3. The van der Waals surface area contributed by atoms with Crippen LogP contribution >= 0.6 is 11.5 Å². The van der Waals surface area contributed by atoms with E-state index in [2.05, 4.69) is 33.4 Å². The van der Waals surface area contributed by atoms with Gasteiger partial charge in [-0.25, -0.2) is 4.98 Å². The van der Waals surface area contributed by atoms with Crippen LogP contribution in [0.3, 0.4) is 0 Å². The fraction of sp³-hybridized carbons (Fsp3) is 0.833. The summed E-state index contributed by atoms with van der Waals surface area (Å²) in [6.45, 7) is 11.3. The molecule has 1 aromatic rings. The average molecular weight is 270 g/mol. The molecule has 0 saturated carbocycles. The Bertz CT molecular complexity index is 369. The van der Waals surface area contributed by atoms with Crippen LogP contribution in [0.1, 0.15) is 19.7 Å². The first-order valence-electron chi connectivity index (χ1n) is 6.51. The number of hydrogen-bond acceptors (Lipinski definition) is 6. The molecule has 0 amide bonds. The molecule has 0 aliphatic carbocycles. The van der Waals surface area contributed by atoms with Crippen LogP contribution in [0.15, 0.2) is 0 Å². The molecule has 1 aromatic heterocycles. The maximum Gasteiger partial charge on any atom is 0.202 e. The molecule has 2 rings (SSSR count). The summed E-state index contributed by atoms with van der Waals surface area (Å²) in [5.41, 5.74) is 0. The predicted octanol–water partition coefficient (Wildman–Crippen LogP) is 1.62. The van der Waals surface area contributed by atoms with Crippen molar-refractivity contribution in [1.29, 1.82) is 0 Å². The van der Waals surface area contributed by atoms with Crippen molar-refractivity contribution < 1.29 is 4.74 Å². The molecule has 5 nitrogen and oxygen atoms in total. The smallest absolute Gasteiger partial charge is 0.202 e. The summed E-state index contributed by atoms with van der Waals surface area (Å²) < 4.78 is 9.92. The van der Waals surface area contributed by atoms with Gasteiger partial charge in [0.25, 0.3) is 0 Å². The van der Waals surface area contributed by atoms with Gasteiger partial charge < -0.3 is 10.1 Å². The lowest BCUT2D eigenvalue weighted by atomic mass is 10.2. The fourth-order valence-electron chi connectivity index (χ4n) is 2.16. The molecule has 0 aromatic carbocycles. The van der Waals surface area contributed by atoms with Crippen LogP contribution in [0, 0.1) is 12.8 Å². The Balaban J connectivity index is 1.75. The number of aromatic nitrogens is 2. The average Bonchev–Trinajstić information content (AvgIpc) is 2.72. The Morgan fingerprint density at radius 3 is 3.06 bits per heavy atom. The number of morpholine rings is 1. The van der Waals surface area contributed by atoms with Crippen molar-refractivity contribution in [3.8, 4) is 0 Å². The first-order chi connectivity index (χ1) is 8.63. The molecule has 0 unspecified atom stereocenters. The van der Waals surface area contributed by atoms with Gasteiger partial charge in [-0.2, -0.15) is 4.37 Å². The van der Waals surface area contributed by atoms with E-state index in [9.17, 15) is 0 Å². The summed E-state index contributed by atoms with van der Waals surface area (Å²) >= 11 is 1.41. The van der Waals surface area contributed by atoms with Gasteiger partial charge in [0.1, 0.15) is 5.82 Å². The van der Waals surface area contributed by atoms with Crippen molar-refractivity contribution in [1.82, 2.24) is 14.3 Å². The Kier molecular flexibility index (Phi) is 4.91. The lowest BCUT2D eigenvalue weighted by Crippen LogP contribution is -2.46. The van der Waals surface area contributed by atoms with Crippen molar-refractivity contribution in [3.05, 3.63) is 5.82 Å². The molecule has 0 spiro atoms. The summed E-state index contributed by atoms with van der Waals surface area (Å²) in [6, 6.07) is 0. The minimum atomic E-state index is 0.252. The summed E-state index contributed by atoms with van der Waals surface area (Å²) in [5, 5.41) is 4.19. The van der Waals surface area contributed by atoms with Crippen LogP contribution in [-0.4, -0.2) is 53.1 Å². The number of ether oxygens (including phenoxy) is 1. The zero-order valence-electron chi connectivity index (χ0n) is 11.3. The van der Waals surface area contributed by atoms with Gasteiger partial charge in [-0.1, -0.05) is 13.8 Å². The molecule has 18 heavy (non-hydrogen) atoms. The normalized spacial score (nSPS) is 21.4. The highest BCUT2D eigenvalue weighted by atomic mass is 32.1. The van der Waals surface area contributed by atoms with E-state index in [0.29, 0.717) is 5.92 Å². The van der Waals surface area contributed by atoms with Crippen molar-refractivity contribution in [2.75, 3.05) is 38.1 Å². The molecule has 2 heterocycles. The molecule has 102 valence electrons. The van der Waals surface area contributed by atoms with Crippen molar-refractivity contribution in [3.63, 3.8) is 0 Å². The van der Waals surface area contributed by atoms with Gasteiger partial charge in [0, 0.05) is 37.7 Å². The maximum absolute atomic E-state index is 5.77. The van der Waals surface area contributed by atoms with Crippen LogP contribution in [0.5, 0.6) is 0 Å². The van der Waals surface area contributed by atoms with Crippen LogP contribution in [0.25, 0.3) is 0 Å².